The molecule has 0 spiro atoms. The molecular formula is C16H18ClFN2. The van der Waals surface area contributed by atoms with Gasteiger partial charge in [-0.1, -0.05) is 31.5 Å². The number of anilines is 2. The molecule has 2 rings (SSSR count). The zero-order chi connectivity index (χ0) is 14.4. The summed E-state index contributed by atoms with van der Waals surface area (Å²) in [6, 6.07) is 11.4. The first kappa shape index (κ1) is 14.8. The molecule has 1 aromatic heterocycles. The topological polar surface area (TPSA) is 16.1 Å². The van der Waals surface area contributed by atoms with Gasteiger partial charge in [-0.25, -0.2) is 9.37 Å². The van der Waals surface area contributed by atoms with Gasteiger partial charge in [-0.15, -0.1) is 11.6 Å². The molecule has 0 saturated heterocycles. The average Bonchev–Trinajstić information content (AvgIpc) is 2.50. The molecule has 1 aromatic carbocycles. The quantitative estimate of drug-likeness (QED) is 0.704. The summed E-state index contributed by atoms with van der Waals surface area (Å²) in [5.41, 5.74) is 1.42. The van der Waals surface area contributed by atoms with Crippen LogP contribution in [0.4, 0.5) is 15.9 Å². The number of halogens is 2. The van der Waals surface area contributed by atoms with Crippen molar-refractivity contribution in [3.63, 3.8) is 0 Å². The normalized spacial score (nSPS) is 10.6. The predicted molar refractivity (Wildman–Crippen MR) is 82.1 cm³/mol. The first-order chi connectivity index (χ1) is 9.77. The summed E-state index contributed by atoms with van der Waals surface area (Å²) in [5.74, 6) is 0.169. The van der Waals surface area contributed by atoms with Gasteiger partial charge in [-0.2, -0.15) is 0 Å². The highest BCUT2D eigenvalue weighted by Gasteiger charge is 2.17. The lowest BCUT2D eigenvalue weighted by Gasteiger charge is -2.24. The zero-order valence-corrected chi connectivity index (χ0v) is 12.3. The Morgan fingerprint density at radius 1 is 1.20 bits per heavy atom. The van der Waals surface area contributed by atoms with Crippen LogP contribution < -0.4 is 4.90 Å². The molecule has 0 N–H and O–H groups in total. The van der Waals surface area contributed by atoms with Crippen molar-refractivity contribution in [2.75, 3.05) is 11.4 Å². The van der Waals surface area contributed by atoms with Crippen molar-refractivity contribution >= 4 is 23.1 Å². The Hall–Kier alpha value is -1.61. The van der Waals surface area contributed by atoms with Crippen molar-refractivity contribution in [1.82, 2.24) is 4.98 Å². The van der Waals surface area contributed by atoms with Crippen molar-refractivity contribution in [1.29, 1.82) is 0 Å². The van der Waals surface area contributed by atoms with Crippen LogP contribution in [0.5, 0.6) is 0 Å². The molecule has 0 fully saturated rings. The number of aromatic nitrogens is 1. The van der Waals surface area contributed by atoms with E-state index in [0.29, 0.717) is 11.4 Å². The standard InChI is InChI=1S/C16H18ClFN2/c1-2-3-11-20(14-7-5-4-6-8-14)16-15(18)13(12-17)9-10-19-16/h4-10H,2-3,11-12H2,1H3. The summed E-state index contributed by atoms with van der Waals surface area (Å²) in [4.78, 5) is 6.12. The van der Waals surface area contributed by atoms with E-state index in [4.69, 9.17) is 11.6 Å². The number of unbranched alkanes of at least 4 members (excludes halogenated alkanes) is 1. The van der Waals surface area contributed by atoms with Gasteiger partial charge < -0.3 is 4.90 Å². The third-order valence-corrected chi connectivity index (χ3v) is 3.44. The molecule has 0 bridgehead atoms. The van der Waals surface area contributed by atoms with E-state index in [2.05, 4.69) is 11.9 Å². The number of pyridine rings is 1. The lowest BCUT2D eigenvalue weighted by atomic mass is 10.2. The van der Waals surface area contributed by atoms with E-state index < -0.39 is 0 Å². The van der Waals surface area contributed by atoms with Crippen LogP contribution in [0.2, 0.25) is 0 Å². The fraction of sp³-hybridized carbons (Fsp3) is 0.312. The number of alkyl halides is 1. The minimum absolute atomic E-state index is 0.151. The number of hydrogen-bond donors (Lipinski definition) is 0. The van der Waals surface area contributed by atoms with E-state index in [0.717, 1.165) is 25.1 Å². The summed E-state index contributed by atoms with van der Waals surface area (Å²) >= 11 is 5.77. The van der Waals surface area contributed by atoms with E-state index >= 15 is 0 Å². The third kappa shape index (κ3) is 3.28. The van der Waals surface area contributed by atoms with Crippen LogP contribution in [0.25, 0.3) is 0 Å². The molecule has 20 heavy (non-hydrogen) atoms. The Kier molecular flexibility index (Phi) is 5.36. The highest BCUT2D eigenvalue weighted by Crippen LogP contribution is 2.28. The highest BCUT2D eigenvalue weighted by molar-refractivity contribution is 6.17. The maximum Gasteiger partial charge on any atom is 0.170 e. The van der Waals surface area contributed by atoms with Gasteiger partial charge in [0.25, 0.3) is 0 Å². The van der Waals surface area contributed by atoms with Crippen molar-refractivity contribution in [2.45, 2.75) is 25.6 Å². The summed E-state index contributed by atoms with van der Waals surface area (Å²) in [6.45, 7) is 2.85. The van der Waals surface area contributed by atoms with E-state index in [9.17, 15) is 4.39 Å². The lowest BCUT2D eigenvalue weighted by molar-refractivity contribution is 0.605. The molecule has 0 saturated carbocycles. The summed E-state index contributed by atoms with van der Waals surface area (Å²) in [7, 11) is 0. The third-order valence-electron chi connectivity index (χ3n) is 3.15. The van der Waals surface area contributed by atoms with Crippen molar-refractivity contribution < 1.29 is 4.39 Å². The van der Waals surface area contributed by atoms with Gasteiger partial charge in [0, 0.05) is 24.0 Å². The molecule has 0 aliphatic carbocycles. The van der Waals surface area contributed by atoms with Gasteiger partial charge in [0.05, 0.1) is 5.88 Å². The van der Waals surface area contributed by atoms with E-state index in [1.807, 2.05) is 35.2 Å². The highest BCUT2D eigenvalue weighted by atomic mass is 35.5. The number of rotatable bonds is 6. The molecule has 0 amide bonds. The van der Waals surface area contributed by atoms with Gasteiger partial charge in [0.2, 0.25) is 0 Å². The van der Waals surface area contributed by atoms with E-state index in [1.165, 1.54) is 0 Å². The van der Waals surface area contributed by atoms with Crippen LogP contribution in [-0.4, -0.2) is 11.5 Å². The van der Waals surface area contributed by atoms with Crippen molar-refractivity contribution in [3.8, 4) is 0 Å². The first-order valence-corrected chi connectivity index (χ1v) is 7.33. The molecule has 0 unspecified atom stereocenters. The van der Waals surface area contributed by atoms with Gasteiger partial charge in [-0.3, -0.25) is 0 Å². The SMILES string of the molecule is CCCCN(c1ccccc1)c1nccc(CCl)c1F. The van der Waals surface area contributed by atoms with Crippen LogP contribution in [0.1, 0.15) is 25.3 Å². The number of nitrogens with zero attached hydrogens (tertiary/aromatic N) is 2. The summed E-state index contributed by atoms with van der Waals surface area (Å²) < 4.78 is 14.4. The number of benzene rings is 1. The first-order valence-electron chi connectivity index (χ1n) is 6.79. The minimum atomic E-state index is -0.331. The van der Waals surface area contributed by atoms with Crippen molar-refractivity contribution in [3.05, 3.63) is 54.0 Å². The Labute approximate surface area is 124 Å². The Morgan fingerprint density at radius 2 is 1.95 bits per heavy atom. The van der Waals surface area contributed by atoms with E-state index in [-0.39, 0.29) is 11.7 Å². The summed E-state index contributed by atoms with van der Waals surface area (Å²) in [6.07, 6.45) is 3.62. The fourth-order valence-corrected chi connectivity index (χ4v) is 2.25. The van der Waals surface area contributed by atoms with Crippen LogP contribution in [0.3, 0.4) is 0 Å². The molecule has 1 heterocycles. The molecule has 0 aliphatic rings. The lowest BCUT2D eigenvalue weighted by Crippen LogP contribution is -2.21. The second-order valence-corrected chi connectivity index (χ2v) is 4.85. The van der Waals surface area contributed by atoms with Crippen molar-refractivity contribution in [2.24, 2.45) is 0 Å². The van der Waals surface area contributed by atoms with Gasteiger partial charge >= 0.3 is 0 Å². The maximum atomic E-state index is 14.4. The largest absolute Gasteiger partial charge is 0.324 e. The van der Waals surface area contributed by atoms with Crippen LogP contribution >= 0.6 is 11.6 Å². The van der Waals surface area contributed by atoms with Crippen LogP contribution in [0.15, 0.2) is 42.6 Å². The summed E-state index contributed by atoms with van der Waals surface area (Å²) in [5, 5.41) is 0. The number of para-hydroxylation sites is 1. The monoisotopic (exact) mass is 292 g/mol. The predicted octanol–water partition coefficient (Wildman–Crippen LogP) is 4.90. The molecule has 4 heteroatoms. The Morgan fingerprint density at radius 3 is 2.60 bits per heavy atom. The molecule has 0 atom stereocenters. The molecule has 0 radical (unpaired) electrons. The van der Waals surface area contributed by atoms with Gasteiger partial charge in [0.15, 0.2) is 11.6 Å². The van der Waals surface area contributed by atoms with Gasteiger partial charge in [-0.05, 0) is 24.6 Å². The number of hydrogen-bond acceptors (Lipinski definition) is 2. The van der Waals surface area contributed by atoms with Crippen LogP contribution in [0, 0.1) is 5.82 Å². The molecule has 2 nitrogen and oxygen atoms in total. The molecule has 2 aromatic rings. The van der Waals surface area contributed by atoms with Crippen LogP contribution in [-0.2, 0) is 5.88 Å². The Bertz CT molecular complexity index is 545. The van der Waals surface area contributed by atoms with Gasteiger partial charge in [0.1, 0.15) is 0 Å². The molecule has 0 aliphatic heterocycles. The minimum Gasteiger partial charge on any atom is -0.324 e. The second kappa shape index (κ2) is 7.25. The average molecular weight is 293 g/mol. The fourth-order valence-electron chi connectivity index (χ4n) is 2.04. The zero-order valence-electron chi connectivity index (χ0n) is 11.5. The smallest absolute Gasteiger partial charge is 0.170 e. The molecular weight excluding hydrogens is 275 g/mol. The molecule has 106 valence electrons. The van der Waals surface area contributed by atoms with E-state index in [1.54, 1.807) is 12.3 Å². The Balaban J connectivity index is 2.41. The maximum absolute atomic E-state index is 14.4. The second-order valence-electron chi connectivity index (χ2n) is 4.58.